The molecule has 8 nitrogen and oxygen atoms in total. The number of unbranched alkanes of at least 4 members (excludes halogenated alkanes) is 1. The van der Waals surface area contributed by atoms with E-state index in [1.807, 2.05) is 41.5 Å². The number of phenols is 1. The van der Waals surface area contributed by atoms with Crippen LogP contribution < -0.4 is 16.2 Å². The second kappa shape index (κ2) is 18.0. The minimum absolute atomic E-state index is 0.0921. The molecule has 4 N–H and O–H groups in total. The molecular formula is C36H52FN5O3S. The predicted octanol–water partition coefficient (Wildman–Crippen LogP) is 7.20. The molecule has 0 saturated carbocycles. The summed E-state index contributed by atoms with van der Waals surface area (Å²) in [5.41, 5.74) is 8.41. The SMILES string of the molecule is C=c1c(O)c(-c2ncc(F)c3sc(N)c(C#N)c23)c2c(/c1=C/N=C(C)N1CCC(C)C1C)COC2.CC.CC.CCCCC(C)O. The molecule has 3 aromatic rings. The fourth-order valence-electron chi connectivity index (χ4n) is 5.58. The van der Waals surface area contributed by atoms with Crippen LogP contribution in [0.5, 0.6) is 5.75 Å². The van der Waals surface area contributed by atoms with Crippen LogP contribution in [0, 0.1) is 23.1 Å². The van der Waals surface area contributed by atoms with E-state index < -0.39 is 5.82 Å². The second-order valence-electron chi connectivity index (χ2n) is 11.2. The number of thiophene rings is 1. The molecule has 46 heavy (non-hydrogen) atoms. The second-order valence-corrected chi connectivity index (χ2v) is 12.2. The Labute approximate surface area is 277 Å². The number of halogens is 1. The maximum Gasteiger partial charge on any atom is 0.159 e. The van der Waals surface area contributed by atoms with Gasteiger partial charge in [-0.25, -0.2) is 9.38 Å². The Bertz CT molecular complexity index is 1660. The van der Waals surface area contributed by atoms with Gasteiger partial charge in [-0.15, -0.1) is 11.3 Å². The molecule has 0 bridgehead atoms. The molecule has 0 amide bonds. The average molecular weight is 654 g/mol. The lowest BCUT2D eigenvalue weighted by Gasteiger charge is -2.24. The average Bonchev–Trinajstić information content (AvgIpc) is 3.76. The van der Waals surface area contributed by atoms with E-state index >= 15 is 0 Å². The molecule has 2 aromatic heterocycles. The van der Waals surface area contributed by atoms with Gasteiger partial charge in [0.05, 0.1) is 41.5 Å². The van der Waals surface area contributed by atoms with Gasteiger partial charge in [-0.2, -0.15) is 5.26 Å². The fraction of sp³-hybridized carbons (Fsp3) is 0.528. The molecule has 0 spiro atoms. The number of phenolic OH excluding ortho intramolecular Hbond substituents is 1. The first kappa shape index (κ1) is 38.7. The lowest BCUT2D eigenvalue weighted by atomic mass is 9.94. The van der Waals surface area contributed by atoms with Crippen LogP contribution in [-0.4, -0.2) is 44.6 Å². The number of aliphatic hydroxyl groups excluding tert-OH is 1. The minimum Gasteiger partial charge on any atom is -0.507 e. The molecule has 1 aromatic carbocycles. The first-order chi connectivity index (χ1) is 22.0. The maximum atomic E-state index is 14.5. The summed E-state index contributed by atoms with van der Waals surface area (Å²) in [5.74, 6) is 0.857. The number of aliphatic imine (C=N–C) groups is 1. The number of ether oxygens (including phenoxy) is 1. The van der Waals surface area contributed by atoms with Crippen molar-refractivity contribution < 1.29 is 19.3 Å². The van der Waals surface area contributed by atoms with E-state index in [-0.39, 0.29) is 33.7 Å². The smallest absolute Gasteiger partial charge is 0.159 e. The Morgan fingerprint density at radius 1 is 1.30 bits per heavy atom. The van der Waals surface area contributed by atoms with Crippen molar-refractivity contribution >= 4 is 45.0 Å². The molecule has 10 heteroatoms. The quantitative estimate of drug-likeness (QED) is 0.196. The molecule has 252 valence electrons. The highest BCUT2D eigenvalue weighted by Crippen LogP contribution is 2.43. The summed E-state index contributed by atoms with van der Waals surface area (Å²) in [6.07, 6.45) is 7.15. The number of benzene rings is 1. The van der Waals surface area contributed by atoms with Crippen LogP contribution in [0.2, 0.25) is 0 Å². The molecule has 3 atom stereocenters. The van der Waals surface area contributed by atoms with E-state index in [1.54, 1.807) is 6.20 Å². The van der Waals surface area contributed by atoms with Gasteiger partial charge in [0.2, 0.25) is 0 Å². The van der Waals surface area contributed by atoms with Gasteiger partial charge in [0.25, 0.3) is 0 Å². The number of aromatic hydroxyl groups is 1. The third-order valence-electron chi connectivity index (χ3n) is 8.29. The van der Waals surface area contributed by atoms with Crippen LogP contribution in [0.3, 0.4) is 0 Å². The molecule has 5 rings (SSSR count). The van der Waals surface area contributed by atoms with Gasteiger partial charge in [0.15, 0.2) is 5.82 Å². The first-order valence-corrected chi connectivity index (χ1v) is 17.2. The summed E-state index contributed by atoms with van der Waals surface area (Å²) in [7, 11) is 0. The standard InChI is InChI=1S/C26H26FN5O2S.C6H14O.2C2H6/c1-12-5-6-32(14(12)3)15(4)30-8-17-13(2)24(33)21(19-11-34-10-18(17)19)23-22-16(7-28)26(29)35-25(22)20(27)9-31-23;1-3-4-5-6(2)7;2*1-2/h8-9,12,14,33H,2,5-6,10-11,29H2,1,3-4H3;6-7H,3-5H2,1-2H3;2*1-2H3/b17-8+,30-15?;;;. The molecule has 4 heterocycles. The normalized spacial score (nSPS) is 18.1. The summed E-state index contributed by atoms with van der Waals surface area (Å²) >= 11 is 0.992. The minimum atomic E-state index is -0.565. The summed E-state index contributed by atoms with van der Waals surface area (Å²) in [4.78, 5) is 11.3. The summed E-state index contributed by atoms with van der Waals surface area (Å²) in [5, 5.41) is 31.2. The van der Waals surface area contributed by atoms with Gasteiger partial charge in [0.1, 0.15) is 22.7 Å². The number of rotatable bonds is 5. The number of aromatic nitrogens is 1. The number of nitrogen functional groups attached to an aromatic ring is 1. The molecule has 1 fully saturated rings. The van der Waals surface area contributed by atoms with Gasteiger partial charge in [0, 0.05) is 40.2 Å². The molecule has 0 aliphatic carbocycles. The Morgan fingerprint density at radius 2 is 1.96 bits per heavy atom. The van der Waals surface area contributed by atoms with E-state index in [4.69, 9.17) is 20.6 Å². The van der Waals surface area contributed by atoms with Crippen LogP contribution in [-0.2, 0) is 18.0 Å². The zero-order valence-corrected chi connectivity index (χ0v) is 29.8. The van der Waals surface area contributed by atoms with Crippen molar-refractivity contribution in [1.82, 2.24) is 9.88 Å². The summed E-state index contributed by atoms with van der Waals surface area (Å²) < 4.78 is 20.5. The van der Waals surface area contributed by atoms with Gasteiger partial charge >= 0.3 is 0 Å². The van der Waals surface area contributed by atoms with Gasteiger partial charge in [-0.05, 0) is 50.7 Å². The highest BCUT2D eigenvalue weighted by atomic mass is 32.1. The monoisotopic (exact) mass is 653 g/mol. The number of amidine groups is 1. The number of fused-ring (bicyclic) bond motifs is 2. The number of hydrogen-bond acceptors (Lipinski definition) is 8. The zero-order chi connectivity index (χ0) is 34.7. The Kier molecular flexibility index (Phi) is 15.1. The van der Waals surface area contributed by atoms with Crippen molar-refractivity contribution in [3.63, 3.8) is 0 Å². The van der Waals surface area contributed by atoms with Crippen molar-refractivity contribution in [3.8, 4) is 23.1 Å². The third kappa shape index (κ3) is 8.24. The van der Waals surface area contributed by atoms with Gasteiger partial charge in [-0.3, -0.25) is 4.98 Å². The number of nitrogens with zero attached hydrogens (tertiary/aromatic N) is 4. The maximum absolute atomic E-state index is 14.5. The molecule has 0 radical (unpaired) electrons. The Morgan fingerprint density at radius 3 is 2.50 bits per heavy atom. The van der Waals surface area contributed by atoms with Crippen molar-refractivity contribution in [1.29, 1.82) is 5.26 Å². The fourth-order valence-corrected chi connectivity index (χ4v) is 6.50. The van der Waals surface area contributed by atoms with E-state index in [2.05, 4.69) is 43.3 Å². The molecule has 2 aliphatic rings. The zero-order valence-electron chi connectivity index (χ0n) is 29.0. The predicted molar refractivity (Wildman–Crippen MR) is 190 cm³/mol. The Balaban J connectivity index is 0.000000587. The highest BCUT2D eigenvalue weighted by molar-refractivity contribution is 7.23. The number of pyridine rings is 1. The van der Waals surface area contributed by atoms with Gasteiger partial charge in [-0.1, -0.05) is 61.0 Å². The van der Waals surface area contributed by atoms with Crippen molar-refractivity contribution in [3.05, 3.63) is 39.1 Å². The van der Waals surface area contributed by atoms with Crippen LogP contribution in [0.25, 0.3) is 34.1 Å². The lowest BCUT2D eigenvalue weighted by molar-refractivity contribution is 0.134. The third-order valence-corrected chi connectivity index (χ3v) is 9.32. The van der Waals surface area contributed by atoms with Crippen molar-refractivity contribution in [2.45, 2.75) is 113 Å². The van der Waals surface area contributed by atoms with Crippen molar-refractivity contribution in [2.24, 2.45) is 10.9 Å². The Hall–Kier alpha value is -3.52. The molecule has 1 saturated heterocycles. The van der Waals surface area contributed by atoms with E-state index in [0.29, 0.717) is 45.6 Å². The highest BCUT2D eigenvalue weighted by Gasteiger charge is 2.29. The number of hydrogen-bond donors (Lipinski definition) is 3. The van der Waals surface area contributed by atoms with Crippen LogP contribution in [0.4, 0.5) is 9.39 Å². The lowest BCUT2D eigenvalue weighted by Crippen LogP contribution is -2.34. The van der Waals surface area contributed by atoms with Crippen LogP contribution >= 0.6 is 11.3 Å². The summed E-state index contributed by atoms with van der Waals surface area (Å²) in [6, 6.07) is 2.47. The largest absolute Gasteiger partial charge is 0.507 e. The topological polar surface area (TPSA) is 128 Å². The number of likely N-dealkylation sites (tertiary alicyclic amines) is 1. The number of nitrogens with two attached hydrogens (primary N) is 1. The van der Waals surface area contributed by atoms with Crippen LogP contribution in [0.1, 0.15) is 105 Å². The van der Waals surface area contributed by atoms with Crippen LogP contribution in [0.15, 0.2) is 11.2 Å². The van der Waals surface area contributed by atoms with E-state index in [9.17, 15) is 14.8 Å². The number of aliphatic hydroxyl groups is 1. The molecular weight excluding hydrogens is 601 g/mol. The summed E-state index contributed by atoms with van der Waals surface area (Å²) in [6.45, 7) is 24.0. The van der Waals surface area contributed by atoms with Gasteiger partial charge < -0.3 is 25.6 Å². The van der Waals surface area contributed by atoms with E-state index in [0.717, 1.165) is 60.3 Å². The van der Waals surface area contributed by atoms with E-state index in [1.165, 1.54) is 6.42 Å². The van der Waals surface area contributed by atoms with Crippen molar-refractivity contribution in [2.75, 3.05) is 12.3 Å². The molecule has 2 aliphatic heterocycles. The number of anilines is 1. The number of nitriles is 1. The molecule has 3 unspecified atom stereocenters. The first-order valence-electron chi connectivity index (χ1n) is 16.4.